The van der Waals surface area contributed by atoms with E-state index in [4.69, 9.17) is 5.41 Å². The van der Waals surface area contributed by atoms with Gasteiger partial charge in [-0.3, -0.25) is 14.5 Å². The van der Waals surface area contributed by atoms with Crippen LogP contribution in [0.25, 0.3) is 0 Å². The summed E-state index contributed by atoms with van der Waals surface area (Å²) in [6, 6.07) is 0. The Hall–Kier alpha value is -1.90. The second-order valence-corrected chi connectivity index (χ2v) is 7.12. The molecule has 1 fully saturated rings. The lowest BCUT2D eigenvalue weighted by atomic mass is 9.93. The highest BCUT2D eigenvalue weighted by molar-refractivity contribution is 7.81. The number of aliphatic imine (C=N–C) groups is 1. The third-order valence-corrected chi connectivity index (χ3v) is 5.56. The van der Waals surface area contributed by atoms with Gasteiger partial charge >= 0.3 is 0 Å². The first-order valence-corrected chi connectivity index (χ1v) is 8.55. The van der Waals surface area contributed by atoms with Crippen LogP contribution in [0.2, 0.25) is 0 Å². The zero-order valence-electron chi connectivity index (χ0n) is 14.5. The molecule has 0 bridgehead atoms. The standard InChI is InChI=1S/C14H24N6O2S/c1-7-19-12(15)14(13(21)20(8-2)23(19)22)10(17(3)4)9-11(16-14)18(5)6/h9,15H,7-8H2,1-6H3. The zero-order chi connectivity index (χ0) is 17.5. The van der Waals surface area contributed by atoms with E-state index in [1.165, 1.54) is 8.61 Å². The molecule has 2 rings (SSSR count). The SMILES string of the molecule is CCN1C(=N)C2(N=C(N(C)C)C=C2N(C)C)C(=O)N(CC)S1=O. The molecular weight excluding hydrogens is 316 g/mol. The van der Waals surface area contributed by atoms with Crippen molar-refractivity contribution in [3.05, 3.63) is 11.8 Å². The van der Waals surface area contributed by atoms with E-state index in [-0.39, 0.29) is 5.84 Å². The molecular formula is C14H24N6O2S. The third-order valence-electron chi connectivity index (χ3n) is 3.94. The summed E-state index contributed by atoms with van der Waals surface area (Å²) in [6.07, 6.45) is 1.81. The van der Waals surface area contributed by atoms with Gasteiger partial charge in [-0.2, -0.15) is 0 Å². The van der Waals surface area contributed by atoms with Gasteiger partial charge in [-0.1, -0.05) is 0 Å². The fourth-order valence-electron chi connectivity index (χ4n) is 2.75. The summed E-state index contributed by atoms with van der Waals surface area (Å²) in [5, 5.41) is 8.56. The van der Waals surface area contributed by atoms with E-state index >= 15 is 0 Å². The number of likely N-dealkylation sites (N-methyl/N-ethyl adjacent to an activating group) is 4. The molecule has 128 valence electrons. The van der Waals surface area contributed by atoms with Crippen molar-refractivity contribution in [1.29, 1.82) is 5.41 Å². The summed E-state index contributed by atoms with van der Waals surface area (Å²) >= 11 is -1.68. The second kappa shape index (κ2) is 5.95. The number of carbonyl (C=O) groups excluding carboxylic acids is 1. The van der Waals surface area contributed by atoms with Gasteiger partial charge in [0.25, 0.3) is 5.91 Å². The molecule has 2 unspecified atom stereocenters. The summed E-state index contributed by atoms with van der Waals surface area (Å²) in [6.45, 7) is 4.25. The lowest BCUT2D eigenvalue weighted by Gasteiger charge is -2.44. The number of amidine groups is 2. The molecule has 1 saturated heterocycles. The van der Waals surface area contributed by atoms with Gasteiger partial charge in [-0.25, -0.2) is 13.5 Å². The average molecular weight is 340 g/mol. The number of carbonyl (C=O) groups is 1. The van der Waals surface area contributed by atoms with Gasteiger partial charge in [-0.05, 0) is 13.8 Å². The van der Waals surface area contributed by atoms with Crippen molar-refractivity contribution in [1.82, 2.24) is 18.4 Å². The van der Waals surface area contributed by atoms with Crippen LogP contribution in [-0.2, 0) is 16.0 Å². The number of hydrogen-bond acceptors (Lipinski definition) is 6. The summed E-state index contributed by atoms with van der Waals surface area (Å²) in [7, 11) is 7.32. The molecule has 0 aromatic carbocycles. The van der Waals surface area contributed by atoms with Crippen LogP contribution >= 0.6 is 0 Å². The molecule has 0 aromatic heterocycles. The van der Waals surface area contributed by atoms with Crippen LogP contribution in [0, 0.1) is 5.41 Å². The molecule has 0 aliphatic carbocycles. The van der Waals surface area contributed by atoms with Crippen LogP contribution < -0.4 is 0 Å². The molecule has 0 aromatic rings. The molecule has 1 N–H and O–H groups in total. The highest BCUT2D eigenvalue weighted by Crippen LogP contribution is 2.38. The van der Waals surface area contributed by atoms with Crippen LogP contribution in [0.15, 0.2) is 16.8 Å². The van der Waals surface area contributed by atoms with Gasteiger partial charge in [-0.15, -0.1) is 0 Å². The Labute approximate surface area is 139 Å². The monoisotopic (exact) mass is 340 g/mol. The van der Waals surface area contributed by atoms with Gasteiger partial charge in [0.15, 0.2) is 5.84 Å². The zero-order valence-corrected chi connectivity index (χ0v) is 15.3. The maximum Gasteiger partial charge on any atom is 0.277 e. The third kappa shape index (κ3) is 2.34. The van der Waals surface area contributed by atoms with Crippen LogP contribution in [0.5, 0.6) is 0 Å². The van der Waals surface area contributed by atoms with Crippen molar-refractivity contribution < 1.29 is 9.00 Å². The Morgan fingerprint density at radius 1 is 1.17 bits per heavy atom. The number of hydrogen-bond donors (Lipinski definition) is 1. The first kappa shape index (κ1) is 17.5. The van der Waals surface area contributed by atoms with Crippen molar-refractivity contribution in [2.45, 2.75) is 19.4 Å². The van der Waals surface area contributed by atoms with Crippen LogP contribution in [0.4, 0.5) is 0 Å². The maximum atomic E-state index is 13.1. The van der Waals surface area contributed by atoms with Crippen molar-refractivity contribution in [3.8, 4) is 0 Å². The summed E-state index contributed by atoms with van der Waals surface area (Å²) < 4.78 is 15.2. The number of nitrogens with one attached hydrogen (secondary N) is 1. The van der Waals surface area contributed by atoms with Gasteiger partial charge < -0.3 is 9.80 Å². The fraction of sp³-hybridized carbons (Fsp3) is 0.643. The van der Waals surface area contributed by atoms with Gasteiger partial charge in [0, 0.05) is 47.4 Å². The van der Waals surface area contributed by atoms with Crippen LogP contribution in [0.3, 0.4) is 0 Å². The van der Waals surface area contributed by atoms with E-state index in [1.54, 1.807) is 16.7 Å². The molecule has 2 aliphatic rings. The molecule has 1 spiro atoms. The smallest absolute Gasteiger partial charge is 0.277 e. The Morgan fingerprint density at radius 3 is 2.17 bits per heavy atom. The summed E-state index contributed by atoms with van der Waals surface area (Å²) in [5.74, 6) is 0.168. The quantitative estimate of drug-likeness (QED) is 0.777. The number of amides is 1. The minimum absolute atomic E-state index is 0.0372. The van der Waals surface area contributed by atoms with Crippen LogP contribution in [0.1, 0.15) is 13.8 Å². The lowest BCUT2D eigenvalue weighted by molar-refractivity contribution is -0.129. The van der Waals surface area contributed by atoms with Crippen molar-refractivity contribution in [3.63, 3.8) is 0 Å². The van der Waals surface area contributed by atoms with E-state index in [9.17, 15) is 9.00 Å². The number of rotatable bonds is 3. The molecule has 1 amide bonds. The van der Waals surface area contributed by atoms with Gasteiger partial charge in [0.2, 0.25) is 16.7 Å². The minimum atomic E-state index is -1.68. The van der Waals surface area contributed by atoms with Gasteiger partial charge in [0.05, 0.1) is 5.70 Å². The van der Waals surface area contributed by atoms with E-state index in [2.05, 4.69) is 4.99 Å². The van der Waals surface area contributed by atoms with Crippen molar-refractivity contribution in [2.24, 2.45) is 4.99 Å². The minimum Gasteiger partial charge on any atom is -0.378 e. The highest BCUT2D eigenvalue weighted by Gasteiger charge is 2.59. The first-order chi connectivity index (χ1) is 10.7. The summed E-state index contributed by atoms with van der Waals surface area (Å²) in [4.78, 5) is 21.3. The normalized spacial score (nSPS) is 27.5. The molecule has 2 aliphatic heterocycles. The highest BCUT2D eigenvalue weighted by atomic mass is 32.2. The topological polar surface area (TPSA) is 83.3 Å². The van der Waals surface area contributed by atoms with Crippen molar-refractivity contribution in [2.75, 3.05) is 41.3 Å². The largest absolute Gasteiger partial charge is 0.378 e. The molecule has 8 nitrogen and oxygen atoms in total. The summed E-state index contributed by atoms with van der Waals surface area (Å²) in [5.41, 5.74) is -0.840. The van der Waals surface area contributed by atoms with Gasteiger partial charge in [0.1, 0.15) is 5.84 Å². The van der Waals surface area contributed by atoms with Crippen molar-refractivity contribution >= 4 is 28.8 Å². The molecule has 0 saturated carbocycles. The lowest BCUT2D eigenvalue weighted by Crippen LogP contribution is -2.67. The Morgan fingerprint density at radius 2 is 1.74 bits per heavy atom. The molecule has 2 atom stereocenters. The second-order valence-electron chi connectivity index (χ2n) is 5.77. The van der Waals surface area contributed by atoms with E-state index in [1.807, 2.05) is 41.2 Å². The molecule has 9 heteroatoms. The Kier molecular flexibility index (Phi) is 4.52. The van der Waals surface area contributed by atoms with E-state index in [0.717, 1.165) is 0 Å². The Balaban J connectivity index is 2.69. The van der Waals surface area contributed by atoms with E-state index < -0.39 is 22.6 Å². The van der Waals surface area contributed by atoms with E-state index in [0.29, 0.717) is 24.6 Å². The molecule has 23 heavy (non-hydrogen) atoms. The fourth-order valence-corrected chi connectivity index (χ4v) is 4.00. The average Bonchev–Trinajstić information content (AvgIpc) is 2.89. The molecule has 0 radical (unpaired) electrons. The predicted octanol–water partition coefficient (Wildman–Crippen LogP) is -0.116. The predicted molar refractivity (Wildman–Crippen MR) is 91.3 cm³/mol. The van der Waals surface area contributed by atoms with Crippen LogP contribution in [-0.4, -0.2) is 87.0 Å². The maximum absolute atomic E-state index is 13.1. The number of nitrogens with zero attached hydrogens (tertiary/aromatic N) is 5. The molecule has 2 heterocycles. The Bertz CT molecular complexity index is 599. The first-order valence-electron chi connectivity index (χ1n) is 7.49.